The molecule has 11 nitrogen and oxygen atoms in total. The van der Waals surface area contributed by atoms with Crippen molar-refractivity contribution in [1.29, 1.82) is 0 Å². The number of nitrogens with one attached hydrogen (secondary N) is 1. The topological polar surface area (TPSA) is 170 Å². The van der Waals surface area contributed by atoms with Gasteiger partial charge >= 0.3 is 0 Å². The van der Waals surface area contributed by atoms with E-state index in [1.54, 1.807) is 14.1 Å². The molecule has 0 aromatic heterocycles. The summed E-state index contributed by atoms with van der Waals surface area (Å²) in [6.07, 6.45) is 0.252. The summed E-state index contributed by atoms with van der Waals surface area (Å²) in [5.41, 5.74) is 4.44. The molecule has 1 aromatic rings. The Bertz CT molecular complexity index is 1260. The SMILES string of the molecule is CC(C)CNCc1cc(N(C)C)c2c(c1O)C(=O)C1C(=O)[C@@]3(O)C(=O)C(C(N)=O)C(=O)C(N(C)C)[C@H]3C[C@H]1C2. The van der Waals surface area contributed by atoms with Crippen LogP contribution in [-0.4, -0.2) is 90.5 Å². The van der Waals surface area contributed by atoms with Gasteiger partial charge in [-0.15, -0.1) is 0 Å². The molecule has 0 saturated heterocycles. The standard InChI is InChI=1S/C28H38N4O7/c1-12(2)10-30-11-14-9-17(31(3)4)15-7-13-8-16-21(32(5)6)24(35)20(27(29)38)26(37)28(16,39)25(36)18(13)23(34)19(15)22(14)33/h9,12-13,16,18,20-21,30,33,39H,7-8,10-11H2,1-6H3,(H2,29,38)/t13-,16-,18?,20?,21?,28-/m1/s1. The lowest BCUT2D eigenvalue weighted by Crippen LogP contribution is -2.74. The number of phenolic OH excluding ortho intramolecular Hbond substituents is 1. The fraction of sp³-hybridized carbons (Fsp3) is 0.607. The molecule has 3 aliphatic rings. The zero-order valence-corrected chi connectivity index (χ0v) is 23.3. The minimum atomic E-state index is -2.73. The number of ketones is 4. The van der Waals surface area contributed by atoms with Crippen molar-refractivity contribution in [3.8, 4) is 5.75 Å². The van der Waals surface area contributed by atoms with Crippen LogP contribution in [-0.2, 0) is 32.1 Å². The van der Waals surface area contributed by atoms with Gasteiger partial charge < -0.3 is 26.2 Å². The van der Waals surface area contributed by atoms with Crippen molar-refractivity contribution in [2.75, 3.05) is 39.6 Å². The third kappa shape index (κ3) is 4.36. The van der Waals surface area contributed by atoms with Gasteiger partial charge in [0.05, 0.1) is 17.5 Å². The molecule has 2 fully saturated rings. The number of carbonyl (C=O) groups is 5. The molecule has 0 heterocycles. The Kier molecular flexibility index (Phi) is 7.48. The summed E-state index contributed by atoms with van der Waals surface area (Å²) >= 11 is 0. The van der Waals surface area contributed by atoms with Crippen molar-refractivity contribution in [3.63, 3.8) is 0 Å². The number of primary amides is 1. The largest absolute Gasteiger partial charge is 0.507 e. The molecule has 4 rings (SSSR count). The molecule has 212 valence electrons. The number of benzene rings is 1. The number of Topliss-reactive ketones (excluding diaryl/α,β-unsaturated/α-hetero) is 4. The second kappa shape index (κ2) is 10.1. The van der Waals surface area contributed by atoms with Gasteiger partial charge in [0.2, 0.25) is 5.91 Å². The highest BCUT2D eigenvalue weighted by atomic mass is 16.3. The van der Waals surface area contributed by atoms with Crippen LogP contribution in [0.1, 0.15) is 41.8 Å². The molecule has 1 amide bonds. The van der Waals surface area contributed by atoms with Crippen LogP contribution >= 0.6 is 0 Å². The molecule has 2 saturated carbocycles. The summed E-state index contributed by atoms with van der Waals surface area (Å²) in [7, 11) is 6.77. The second-order valence-electron chi connectivity index (χ2n) is 12.0. The van der Waals surface area contributed by atoms with E-state index in [9.17, 15) is 34.2 Å². The van der Waals surface area contributed by atoms with Gasteiger partial charge in [-0.1, -0.05) is 13.8 Å². The number of phenols is 1. The van der Waals surface area contributed by atoms with E-state index in [0.717, 1.165) is 5.69 Å². The first-order valence-corrected chi connectivity index (χ1v) is 13.2. The first-order chi connectivity index (χ1) is 18.1. The smallest absolute Gasteiger partial charge is 0.235 e. The maximum atomic E-state index is 14.0. The zero-order valence-electron chi connectivity index (χ0n) is 23.3. The molecule has 11 heteroatoms. The van der Waals surface area contributed by atoms with Gasteiger partial charge in [0.25, 0.3) is 0 Å². The Morgan fingerprint density at radius 2 is 1.79 bits per heavy atom. The summed E-state index contributed by atoms with van der Waals surface area (Å²) in [4.78, 5) is 70.0. The summed E-state index contributed by atoms with van der Waals surface area (Å²) in [6, 6.07) is 0.701. The number of aromatic hydroxyl groups is 1. The number of aliphatic hydroxyl groups is 1. The lowest BCUT2D eigenvalue weighted by Gasteiger charge is -2.52. The summed E-state index contributed by atoms with van der Waals surface area (Å²) < 4.78 is 0. The number of amides is 1. The third-order valence-electron chi connectivity index (χ3n) is 8.47. The Labute approximate surface area is 227 Å². The number of fused-ring (bicyclic) bond motifs is 3. The van der Waals surface area contributed by atoms with E-state index in [1.807, 2.05) is 38.9 Å². The molecular formula is C28H38N4O7. The van der Waals surface area contributed by atoms with Crippen molar-refractivity contribution >= 4 is 34.7 Å². The van der Waals surface area contributed by atoms with Crippen molar-refractivity contribution in [1.82, 2.24) is 10.2 Å². The molecule has 0 radical (unpaired) electrons. The second-order valence-corrected chi connectivity index (χ2v) is 12.0. The highest BCUT2D eigenvalue weighted by Gasteiger charge is 2.69. The first-order valence-electron chi connectivity index (χ1n) is 13.2. The summed E-state index contributed by atoms with van der Waals surface area (Å²) in [5.74, 6) is -10.0. The van der Waals surface area contributed by atoms with E-state index >= 15 is 0 Å². The Morgan fingerprint density at radius 3 is 2.33 bits per heavy atom. The van der Waals surface area contributed by atoms with Crippen LogP contribution in [0, 0.1) is 29.6 Å². The number of likely N-dealkylation sites (N-methyl/N-ethyl adjacent to an activating group) is 1. The highest BCUT2D eigenvalue weighted by molar-refractivity contribution is 6.32. The zero-order chi connectivity index (χ0) is 29.1. The molecule has 1 aromatic carbocycles. The number of rotatable bonds is 7. The molecule has 39 heavy (non-hydrogen) atoms. The van der Waals surface area contributed by atoms with Crippen LogP contribution in [0.3, 0.4) is 0 Å². The lowest BCUT2D eigenvalue weighted by atomic mass is 9.52. The number of nitrogens with two attached hydrogens (primary N) is 1. The van der Waals surface area contributed by atoms with Gasteiger partial charge in [-0.25, -0.2) is 0 Å². The van der Waals surface area contributed by atoms with Crippen LogP contribution in [0.5, 0.6) is 5.75 Å². The monoisotopic (exact) mass is 542 g/mol. The Morgan fingerprint density at radius 1 is 1.15 bits per heavy atom. The fourth-order valence-electron chi connectivity index (χ4n) is 6.74. The van der Waals surface area contributed by atoms with Crippen molar-refractivity contribution in [2.24, 2.45) is 35.3 Å². The van der Waals surface area contributed by atoms with Crippen LogP contribution in [0.2, 0.25) is 0 Å². The maximum absolute atomic E-state index is 14.0. The van der Waals surface area contributed by atoms with Gasteiger partial charge in [0.1, 0.15) is 5.75 Å². The van der Waals surface area contributed by atoms with Crippen LogP contribution < -0.4 is 16.0 Å². The van der Waals surface area contributed by atoms with E-state index in [2.05, 4.69) is 5.32 Å². The lowest BCUT2D eigenvalue weighted by molar-refractivity contribution is -0.181. The van der Waals surface area contributed by atoms with E-state index in [0.29, 0.717) is 30.1 Å². The molecule has 6 atom stereocenters. The minimum Gasteiger partial charge on any atom is -0.507 e. The Hall–Kier alpha value is -3.15. The maximum Gasteiger partial charge on any atom is 0.235 e. The molecular weight excluding hydrogens is 504 g/mol. The average Bonchev–Trinajstić information content (AvgIpc) is 2.81. The molecule has 0 aliphatic heterocycles. The third-order valence-corrected chi connectivity index (χ3v) is 8.47. The van der Waals surface area contributed by atoms with Crippen molar-refractivity contribution in [3.05, 3.63) is 22.8 Å². The molecule has 3 unspecified atom stereocenters. The van der Waals surface area contributed by atoms with Gasteiger partial charge in [0, 0.05) is 37.8 Å². The quantitative estimate of drug-likeness (QED) is 0.335. The first kappa shape index (κ1) is 28.8. The van der Waals surface area contributed by atoms with Gasteiger partial charge in [0.15, 0.2) is 34.7 Å². The van der Waals surface area contributed by atoms with Crippen LogP contribution in [0.25, 0.3) is 0 Å². The predicted octanol–water partition coefficient (Wildman–Crippen LogP) is -0.321. The van der Waals surface area contributed by atoms with E-state index < -0.39 is 64.4 Å². The summed E-state index contributed by atoms with van der Waals surface area (Å²) in [5, 5.41) is 26.2. The van der Waals surface area contributed by atoms with E-state index in [-0.39, 0.29) is 24.2 Å². The Balaban J connectivity index is 1.84. The van der Waals surface area contributed by atoms with Gasteiger partial charge in [-0.2, -0.15) is 0 Å². The number of nitrogens with zero attached hydrogens (tertiary/aromatic N) is 2. The summed E-state index contributed by atoms with van der Waals surface area (Å²) in [6.45, 7) is 5.08. The van der Waals surface area contributed by atoms with Crippen molar-refractivity contribution < 1.29 is 34.2 Å². The van der Waals surface area contributed by atoms with Crippen LogP contribution in [0.15, 0.2) is 6.07 Å². The van der Waals surface area contributed by atoms with Crippen molar-refractivity contribution in [2.45, 2.75) is 44.9 Å². The average molecular weight is 543 g/mol. The van der Waals surface area contributed by atoms with E-state index in [1.165, 1.54) is 4.90 Å². The van der Waals surface area contributed by atoms with Gasteiger partial charge in [-0.3, -0.25) is 28.9 Å². The molecule has 3 aliphatic carbocycles. The number of anilines is 1. The predicted molar refractivity (Wildman–Crippen MR) is 142 cm³/mol. The van der Waals surface area contributed by atoms with Crippen LogP contribution in [0.4, 0.5) is 5.69 Å². The number of hydrogen-bond donors (Lipinski definition) is 4. The molecule has 5 N–H and O–H groups in total. The number of carbonyl (C=O) groups excluding carboxylic acids is 5. The molecule has 0 bridgehead atoms. The highest BCUT2D eigenvalue weighted by Crippen LogP contribution is 2.52. The fourth-order valence-corrected chi connectivity index (χ4v) is 6.74. The molecule has 0 spiro atoms. The normalized spacial score (nSPS) is 30.3. The van der Waals surface area contributed by atoms with E-state index in [4.69, 9.17) is 5.73 Å². The number of hydrogen-bond acceptors (Lipinski definition) is 10. The minimum absolute atomic E-state index is 0.00847. The van der Waals surface area contributed by atoms with Gasteiger partial charge in [-0.05, 0) is 56.9 Å².